The van der Waals surface area contributed by atoms with Gasteiger partial charge in [0.15, 0.2) is 0 Å². The minimum Gasteiger partial charge on any atom is -0.478 e. The van der Waals surface area contributed by atoms with Crippen LogP contribution in [-0.4, -0.2) is 24.2 Å². The van der Waals surface area contributed by atoms with Gasteiger partial charge in [0, 0.05) is 18.8 Å². The summed E-state index contributed by atoms with van der Waals surface area (Å²) < 4.78 is 0. The summed E-state index contributed by atoms with van der Waals surface area (Å²) in [4.78, 5) is 13.2. The van der Waals surface area contributed by atoms with Crippen LogP contribution in [0.15, 0.2) is 18.2 Å². The van der Waals surface area contributed by atoms with Crippen molar-refractivity contribution in [2.24, 2.45) is 11.8 Å². The van der Waals surface area contributed by atoms with E-state index in [0.29, 0.717) is 16.9 Å². The van der Waals surface area contributed by atoms with Crippen LogP contribution in [0.4, 0.5) is 5.69 Å². The number of carboxylic acids is 1. The number of halogens is 1. The van der Waals surface area contributed by atoms with E-state index in [4.69, 9.17) is 16.7 Å². The summed E-state index contributed by atoms with van der Waals surface area (Å²) in [6.07, 6.45) is 1.19. The molecule has 18 heavy (non-hydrogen) atoms. The van der Waals surface area contributed by atoms with Crippen LogP contribution in [0.5, 0.6) is 0 Å². The van der Waals surface area contributed by atoms with Crippen LogP contribution < -0.4 is 4.90 Å². The zero-order valence-corrected chi connectivity index (χ0v) is 11.4. The Morgan fingerprint density at radius 2 is 2.22 bits per heavy atom. The van der Waals surface area contributed by atoms with E-state index in [1.54, 1.807) is 12.1 Å². The van der Waals surface area contributed by atoms with Crippen LogP contribution in [0.2, 0.25) is 5.02 Å². The Labute approximate surface area is 112 Å². The van der Waals surface area contributed by atoms with Gasteiger partial charge in [-0.3, -0.25) is 0 Å². The first-order valence-corrected chi connectivity index (χ1v) is 6.64. The van der Waals surface area contributed by atoms with E-state index in [2.05, 4.69) is 18.7 Å². The van der Waals surface area contributed by atoms with Gasteiger partial charge in [0.1, 0.15) is 0 Å². The topological polar surface area (TPSA) is 40.5 Å². The lowest BCUT2D eigenvalue weighted by Gasteiger charge is -2.20. The van der Waals surface area contributed by atoms with Crippen molar-refractivity contribution in [1.82, 2.24) is 0 Å². The zero-order chi connectivity index (χ0) is 13.3. The molecule has 0 saturated carbocycles. The molecule has 0 aliphatic carbocycles. The Kier molecular flexibility index (Phi) is 3.81. The number of hydrogen-bond donors (Lipinski definition) is 1. The van der Waals surface area contributed by atoms with Gasteiger partial charge in [-0.25, -0.2) is 4.79 Å². The number of nitrogens with zero attached hydrogens (tertiary/aromatic N) is 1. The molecule has 1 aliphatic heterocycles. The van der Waals surface area contributed by atoms with Crippen molar-refractivity contribution in [2.45, 2.75) is 20.3 Å². The quantitative estimate of drug-likeness (QED) is 0.911. The number of anilines is 1. The van der Waals surface area contributed by atoms with Gasteiger partial charge in [-0.05, 0) is 36.5 Å². The van der Waals surface area contributed by atoms with Crippen molar-refractivity contribution in [3.63, 3.8) is 0 Å². The third kappa shape index (κ3) is 2.61. The van der Waals surface area contributed by atoms with E-state index in [1.165, 1.54) is 6.42 Å². The van der Waals surface area contributed by atoms with Crippen LogP contribution >= 0.6 is 11.6 Å². The fourth-order valence-electron chi connectivity index (χ4n) is 2.44. The molecule has 1 heterocycles. The maximum absolute atomic E-state index is 10.9. The summed E-state index contributed by atoms with van der Waals surface area (Å²) in [5, 5.41) is 9.25. The van der Waals surface area contributed by atoms with Crippen LogP contribution in [-0.2, 0) is 0 Å². The minimum absolute atomic E-state index is 0.167. The number of carbonyl (C=O) groups is 1. The van der Waals surface area contributed by atoms with E-state index in [1.807, 2.05) is 6.07 Å². The average molecular weight is 268 g/mol. The van der Waals surface area contributed by atoms with Crippen molar-refractivity contribution in [2.75, 3.05) is 18.0 Å². The van der Waals surface area contributed by atoms with Crippen molar-refractivity contribution in [1.29, 1.82) is 0 Å². The molecule has 4 heteroatoms. The molecule has 1 aliphatic rings. The Balaban J connectivity index is 2.16. The molecule has 1 saturated heterocycles. The first-order chi connectivity index (χ1) is 8.49. The molecule has 2 rings (SSSR count). The Morgan fingerprint density at radius 1 is 1.50 bits per heavy atom. The molecule has 3 nitrogen and oxygen atoms in total. The molecule has 0 aromatic heterocycles. The second-order valence-electron chi connectivity index (χ2n) is 5.21. The summed E-state index contributed by atoms with van der Waals surface area (Å²) >= 11 is 5.99. The third-order valence-electron chi connectivity index (χ3n) is 3.72. The summed E-state index contributed by atoms with van der Waals surface area (Å²) in [6, 6.07) is 5.19. The predicted molar refractivity (Wildman–Crippen MR) is 73.6 cm³/mol. The largest absolute Gasteiger partial charge is 0.478 e. The summed E-state index contributed by atoms with van der Waals surface area (Å²) in [6.45, 7) is 6.54. The van der Waals surface area contributed by atoms with E-state index in [9.17, 15) is 4.79 Å². The highest BCUT2D eigenvalue weighted by molar-refractivity contribution is 6.33. The maximum Gasteiger partial charge on any atom is 0.337 e. The molecular weight excluding hydrogens is 250 g/mol. The van der Waals surface area contributed by atoms with Crippen molar-refractivity contribution >= 4 is 23.3 Å². The Bertz CT molecular complexity index is 459. The molecule has 1 aromatic rings. The lowest BCUT2D eigenvalue weighted by Crippen LogP contribution is -2.21. The maximum atomic E-state index is 10.9. The number of benzene rings is 1. The fraction of sp³-hybridized carbons (Fsp3) is 0.500. The number of aromatic carboxylic acids is 1. The molecule has 1 N–H and O–H groups in total. The molecule has 0 bridgehead atoms. The normalized spacial score (nSPS) is 19.6. The molecule has 1 aromatic carbocycles. The van der Waals surface area contributed by atoms with Gasteiger partial charge < -0.3 is 10.0 Å². The Hall–Kier alpha value is -1.22. The monoisotopic (exact) mass is 267 g/mol. The zero-order valence-electron chi connectivity index (χ0n) is 10.7. The molecular formula is C14H18ClNO2. The highest BCUT2D eigenvalue weighted by Crippen LogP contribution is 2.30. The average Bonchev–Trinajstić information content (AvgIpc) is 2.77. The lowest BCUT2D eigenvalue weighted by molar-refractivity contribution is 0.0697. The Morgan fingerprint density at radius 3 is 2.72 bits per heavy atom. The molecule has 0 spiro atoms. The molecule has 1 unspecified atom stereocenters. The van der Waals surface area contributed by atoms with Crippen LogP contribution in [0.25, 0.3) is 0 Å². The number of rotatable bonds is 3. The second kappa shape index (κ2) is 5.19. The van der Waals surface area contributed by atoms with E-state index in [0.717, 1.165) is 18.8 Å². The van der Waals surface area contributed by atoms with Gasteiger partial charge in [0.2, 0.25) is 0 Å². The summed E-state index contributed by atoms with van der Waals surface area (Å²) in [5.74, 6) is 0.416. The SMILES string of the molecule is CC(C)C1CCN(c2ccc(C(=O)O)c(Cl)c2)C1. The van der Waals surface area contributed by atoms with Gasteiger partial charge in [-0.1, -0.05) is 25.4 Å². The van der Waals surface area contributed by atoms with E-state index in [-0.39, 0.29) is 5.56 Å². The first kappa shape index (κ1) is 13.2. The standard InChI is InChI=1S/C14H18ClNO2/c1-9(2)10-5-6-16(8-10)11-3-4-12(14(17)18)13(15)7-11/h3-4,7,9-10H,5-6,8H2,1-2H3,(H,17,18). The molecule has 0 radical (unpaired) electrons. The minimum atomic E-state index is -0.979. The van der Waals surface area contributed by atoms with E-state index >= 15 is 0 Å². The predicted octanol–water partition coefficient (Wildman–Crippen LogP) is 3.52. The van der Waals surface area contributed by atoms with Crippen molar-refractivity contribution < 1.29 is 9.90 Å². The lowest BCUT2D eigenvalue weighted by atomic mass is 9.95. The van der Waals surface area contributed by atoms with Gasteiger partial charge in [-0.15, -0.1) is 0 Å². The smallest absolute Gasteiger partial charge is 0.337 e. The van der Waals surface area contributed by atoms with Gasteiger partial charge in [0.25, 0.3) is 0 Å². The number of carboxylic acid groups (broad SMARTS) is 1. The van der Waals surface area contributed by atoms with Crippen molar-refractivity contribution in [3.8, 4) is 0 Å². The number of hydrogen-bond acceptors (Lipinski definition) is 2. The third-order valence-corrected chi connectivity index (χ3v) is 4.03. The first-order valence-electron chi connectivity index (χ1n) is 6.27. The van der Waals surface area contributed by atoms with Gasteiger partial charge in [0.05, 0.1) is 10.6 Å². The van der Waals surface area contributed by atoms with E-state index < -0.39 is 5.97 Å². The van der Waals surface area contributed by atoms with Crippen LogP contribution in [0.1, 0.15) is 30.6 Å². The highest BCUT2D eigenvalue weighted by Gasteiger charge is 2.25. The van der Waals surface area contributed by atoms with Gasteiger partial charge in [-0.2, -0.15) is 0 Å². The second-order valence-corrected chi connectivity index (χ2v) is 5.62. The van der Waals surface area contributed by atoms with Gasteiger partial charge >= 0.3 is 5.97 Å². The molecule has 98 valence electrons. The van der Waals surface area contributed by atoms with Crippen LogP contribution in [0.3, 0.4) is 0 Å². The summed E-state index contributed by atoms with van der Waals surface area (Å²) in [5.41, 5.74) is 1.19. The van der Waals surface area contributed by atoms with Crippen LogP contribution in [0, 0.1) is 11.8 Å². The van der Waals surface area contributed by atoms with Crippen molar-refractivity contribution in [3.05, 3.63) is 28.8 Å². The highest BCUT2D eigenvalue weighted by atomic mass is 35.5. The fourth-order valence-corrected chi connectivity index (χ4v) is 2.70. The molecule has 1 atom stereocenters. The molecule has 1 fully saturated rings. The summed E-state index contributed by atoms with van der Waals surface area (Å²) in [7, 11) is 0. The molecule has 0 amide bonds.